The van der Waals surface area contributed by atoms with E-state index in [0.717, 1.165) is 12.8 Å². The minimum atomic E-state index is -3.67. The number of aryl methyl sites for hydroxylation is 1. The highest BCUT2D eigenvalue weighted by atomic mass is 79.9. The third kappa shape index (κ3) is 2.40. The van der Waals surface area contributed by atoms with Gasteiger partial charge in [-0.2, -0.15) is 4.31 Å². The van der Waals surface area contributed by atoms with Gasteiger partial charge >= 0.3 is 0 Å². The highest BCUT2D eigenvalue weighted by molar-refractivity contribution is 9.10. The summed E-state index contributed by atoms with van der Waals surface area (Å²) in [5.41, 5.74) is 0. The Kier molecular flexibility index (Phi) is 3.43. The lowest BCUT2D eigenvalue weighted by Crippen LogP contribution is -2.34. The summed E-state index contributed by atoms with van der Waals surface area (Å²) in [5, 5.41) is 7.54. The molecule has 1 saturated carbocycles. The summed E-state index contributed by atoms with van der Waals surface area (Å²) in [6.45, 7) is 0.220. The summed E-state index contributed by atoms with van der Waals surface area (Å²) >= 11 is 3.14. The molecule has 2 aromatic rings. The molecule has 1 aliphatic carbocycles. The Balaban J connectivity index is 1.98. The Morgan fingerprint density at radius 1 is 1.55 bits per heavy atom. The lowest BCUT2D eigenvalue weighted by molar-refractivity contribution is 0.353. The first-order valence-corrected chi connectivity index (χ1v) is 8.33. The van der Waals surface area contributed by atoms with Gasteiger partial charge in [-0.05, 0) is 40.9 Å². The van der Waals surface area contributed by atoms with Crippen molar-refractivity contribution in [3.8, 4) is 0 Å². The van der Waals surface area contributed by atoms with E-state index >= 15 is 0 Å². The van der Waals surface area contributed by atoms with E-state index in [1.165, 1.54) is 15.3 Å². The molecule has 0 amide bonds. The van der Waals surface area contributed by atoms with Crippen molar-refractivity contribution in [2.75, 3.05) is 0 Å². The molecule has 2 aromatic heterocycles. The van der Waals surface area contributed by atoms with Gasteiger partial charge in [-0.15, -0.1) is 5.10 Å². The van der Waals surface area contributed by atoms with Gasteiger partial charge in [0.15, 0.2) is 4.60 Å². The van der Waals surface area contributed by atoms with Crippen LogP contribution >= 0.6 is 15.9 Å². The van der Waals surface area contributed by atoms with Crippen LogP contribution in [0, 0.1) is 0 Å². The molecule has 0 aromatic carbocycles. The summed E-state index contributed by atoms with van der Waals surface area (Å²) in [7, 11) is -2.11. The first-order chi connectivity index (χ1) is 9.50. The predicted molar refractivity (Wildman–Crippen MR) is 73.2 cm³/mol. The maximum Gasteiger partial charge on any atom is 0.263 e. The van der Waals surface area contributed by atoms with Crippen LogP contribution in [0.1, 0.15) is 18.6 Å². The molecule has 1 aliphatic rings. The molecule has 0 saturated heterocycles. The van der Waals surface area contributed by atoms with Gasteiger partial charge in [-0.3, -0.25) is 0 Å². The first kappa shape index (κ1) is 13.8. The van der Waals surface area contributed by atoms with Crippen LogP contribution in [0.2, 0.25) is 0 Å². The molecule has 9 heteroatoms. The molecule has 3 rings (SSSR count). The van der Waals surface area contributed by atoms with Crippen LogP contribution < -0.4 is 0 Å². The van der Waals surface area contributed by atoms with E-state index in [-0.39, 0.29) is 22.2 Å². The fourth-order valence-electron chi connectivity index (χ4n) is 2.04. The van der Waals surface area contributed by atoms with Gasteiger partial charge < -0.3 is 4.42 Å². The molecule has 0 spiro atoms. The van der Waals surface area contributed by atoms with Crippen molar-refractivity contribution in [1.82, 2.24) is 19.3 Å². The molecular formula is C11H13BrN4O3S. The number of hydrogen-bond acceptors (Lipinski definition) is 5. The summed E-state index contributed by atoms with van der Waals surface area (Å²) in [4.78, 5) is 0. The van der Waals surface area contributed by atoms with Crippen molar-refractivity contribution in [1.29, 1.82) is 0 Å². The van der Waals surface area contributed by atoms with Crippen LogP contribution in [0.5, 0.6) is 0 Å². The topological polar surface area (TPSA) is 81.2 Å². The van der Waals surface area contributed by atoms with Gasteiger partial charge in [-0.1, -0.05) is 5.21 Å². The second-order valence-electron chi connectivity index (χ2n) is 4.67. The zero-order chi connectivity index (χ0) is 14.3. The molecule has 20 heavy (non-hydrogen) atoms. The second-order valence-corrected chi connectivity index (χ2v) is 7.23. The quantitative estimate of drug-likeness (QED) is 0.807. The van der Waals surface area contributed by atoms with Crippen LogP contribution in [-0.4, -0.2) is 33.8 Å². The predicted octanol–water partition coefficient (Wildman–Crippen LogP) is 1.52. The number of nitrogens with zero attached hydrogens (tertiary/aromatic N) is 4. The zero-order valence-corrected chi connectivity index (χ0v) is 13.1. The summed E-state index contributed by atoms with van der Waals surface area (Å²) in [6.07, 6.45) is 3.26. The minimum Gasteiger partial charge on any atom is -0.468 e. The Bertz CT molecular complexity index is 687. The largest absolute Gasteiger partial charge is 0.468 e. The van der Waals surface area contributed by atoms with Gasteiger partial charge in [-0.25, -0.2) is 13.1 Å². The van der Waals surface area contributed by atoms with Crippen LogP contribution in [0.15, 0.2) is 32.4 Å². The van der Waals surface area contributed by atoms with Crippen molar-refractivity contribution >= 4 is 26.0 Å². The van der Waals surface area contributed by atoms with Crippen LogP contribution in [-0.2, 0) is 23.6 Å². The number of aromatic nitrogens is 3. The van der Waals surface area contributed by atoms with E-state index < -0.39 is 10.0 Å². The van der Waals surface area contributed by atoms with Gasteiger partial charge in [0.1, 0.15) is 5.76 Å². The Morgan fingerprint density at radius 3 is 2.80 bits per heavy atom. The maximum absolute atomic E-state index is 12.8. The lowest BCUT2D eigenvalue weighted by Gasteiger charge is -2.20. The van der Waals surface area contributed by atoms with E-state index in [1.54, 1.807) is 19.2 Å². The van der Waals surface area contributed by atoms with Crippen LogP contribution in [0.3, 0.4) is 0 Å². The summed E-state index contributed by atoms with van der Waals surface area (Å²) in [6, 6.07) is 3.53. The van der Waals surface area contributed by atoms with Gasteiger partial charge in [0, 0.05) is 13.1 Å². The maximum atomic E-state index is 12.8. The fourth-order valence-corrected chi connectivity index (χ4v) is 4.72. The normalized spacial score (nSPS) is 15.9. The number of hydrogen-bond donors (Lipinski definition) is 0. The molecule has 0 N–H and O–H groups in total. The van der Waals surface area contributed by atoms with Crippen LogP contribution in [0.25, 0.3) is 0 Å². The second kappa shape index (κ2) is 4.97. The van der Waals surface area contributed by atoms with Crippen molar-refractivity contribution in [3.05, 3.63) is 28.8 Å². The van der Waals surface area contributed by atoms with Crippen molar-refractivity contribution in [2.24, 2.45) is 7.05 Å². The van der Waals surface area contributed by atoms with Gasteiger partial charge in [0.25, 0.3) is 10.0 Å². The van der Waals surface area contributed by atoms with E-state index in [2.05, 4.69) is 26.2 Å². The lowest BCUT2D eigenvalue weighted by atomic mass is 10.4. The molecule has 0 bridgehead atoms. The summed E-state index contributed by atoms with van der Waals surface area (Å²) < 4.78 is 33.8. The molecule has 2 heterocycles. The van der Waals surface area contributed by atoms with E-state index in [4.69, 9.17) is 4.42 Å². The number of furan rings is 1. The molecule has 7 nitrogen and oxygen atoms in total. The fraction of sp³-hybridized carbons (Fsp3) is 0.455. The number of rotatable bonds is 5. The van der Waals surface area contributed by atoms with Crippen molar-refractivity contribution < 1.29 is 12.8 Å². The molecule has 108 valence electrons. The average molecular weight is 361 g/mol. The standard InChI is InChI=1S/C11H13BrN4O3S/c1-15-11(10(12)13-14-15)20(17,18)16(8-4-5-8)7-9-3-2-6-19-9/h2-3,6,8H,4-5,7H2,1H3. The highest BCUT2D eigenvalue weighted by Crippen LogP contribution is 2.34. The van der Waals surface area contributed by atoms with E-state index in [9.17, 15) is 8.42 Å². The first-order valence-electron chi connectivity index (χ1n) is 6.09. The van der Waals surface area contributed by atoms with Crippen molar-refractivity contribution in [2.45, 2.75) is 30.5 Å². The SMILES string of the molecule is Cn1nnc(Br)c1S(=O)(=O)N(Cc1ccco1)C1CC1. The minimum absolute atomic E-state index is 0.0203. The van der Waals surface area contributed by atoms with Crippen molar-refractivity contribution in [3.63, 3.8) is 0 Å². The smallest absolute Gasteiger partial charge is 0.263 e. The van der Waals surface area contributed by atoms with Gasteiger partial charge in [0.05, 0.1) is 12.8 Å². The third-order valence-electron chi connectivity index (χ3n) is 3.14. The Hall–Kier alpha value is -1.19. The Labute approximate surface area is 124 Å². The van der Waals surface area contributed by atoms with E-state index in [1.807, 2.05) is 0 Å². The molecule has 0 atom stereocenters. The molecule has 0 aliphatic heterocycles. The molecule has 0 unspecified atom stereocenters. The molecule has 0 radical (unpaired) electrons. The summed E-state index contributed by atoms with van der Waals surface area (Å²) in [5.74, 6) is 0.617. The Morgan fingerprint density at radius 2 is 2.30 bits per heavy atom. The molecule has 1 fully saturated rings. The third-order valence-corrected chi connectivity index (χ3v) is 5.92. The van der Waals surface area contributed by atoms with Crippen LogP contribution in [0.4, 0.5) is 0 Å². The highest BCUT2D eigenvalue weighted by Gasteiger charge is 2.41. The van der Waals surface area contributed by atoms with E-state index in [0.29, 0.717) is 5.76 Å². The van der Waals surface area contributed by atoms with Gasteiger partial charge in [0.2, 0.25) is 5.03 Å². The zero-order valence-electron chi connectivity index (χ0n) is 10.7. The number of sulfonamides is 1. The number of halogens is 1. The average Bonchev–Trinajstić information content (AvgIpc) is 2.97. The monoisotopic (exact) mass is 360 g/mol. The molecular weight excluding hydrogens is 348 g/mol.